The number of carboxylic acid groups (broad SMARTS) is 1. The topological polar surface area (TPSA) is 40.1 Å². The van der Waals surface area contributed by atoms with Crippen LogP contribution in [0.5, 0.6) is 0 Å². The van der Waals surface area contributed by atoms with Gasteiger partial charge in [-0.25, -0.2) is 4.39 Å². The molecule has 0 fully saturated rings. The number of hydrogen-bond donors (Lipinski definition) is 0. The molecule has 0 heterocycles. The number of alkyl halides is 2. The van der Waals surface area contributed by atoms with Crippen molar-refractivity contribution < 1.29 is 52.6 Å². The minimum absolute atomic E-state index is 0. The molecule has 1 aromatic carbocycles. The predicted octanol–water partition coefficient (Wildman–Crippen LogP) is -2.33. The van der Waals surface area contributed by atoms with E-state index in [0.29, 0.717) is 12.1 Å². The molecule has 0 N–H and O–H groups in total. The first kappa shape index (κ1) is 13.5. The summed E-state index contributed by atoms with van der Waals surface area (Å²) in [7, 11) is 0. The maximum atomic E-state index is 12.6. The molecule has 0 unspecified atom stereocenters. The molecule has 0 saturated heterocycles. The van der Waals surface area contributed by atoms with Crippen molar-refractivity contribution in [3.05, 3.63) is 35.6 Å². The maximum Gasteiger partial charge on any atom is 1.00 e. The van der Waals surface area contributed by atoms with E-state index in [1.807, 2.05) is 0 Å². The third-order valence-electron chi connectivity index (χ3n) is 1.46. The first-order valence-electron chi connectivity index (χ1n) is 3.30. The van der Waals surface area contributed by atoms with E-state index in [1.54, 1.807) is 0 Å². The molecule has 0 saturated carbocycles. The Labute approximate surface area is 100 Å². The van der Waals surface area contributed by atoms with E-state index in [1.165, 1.54) is 0 Å². The monoisotopic (exact) mass is 212 g/mol. The van der Waals surface area contributed by atoms with E-state index in [2.05, 4.69) is 0 Å². The number of carbonyl (C=O) groups is 1. The fourth-order valence-electron chi connectivity index (χ4n) is 0.777. The van der Waals surface area contributed by atoms with Gasteiger partial charge in [0.05, 0.1) is 0 Å². The van der Waals surface area contributed by atoms with Crippen LogP contribution in [0, 0.1) is 5.82 Å². The third kappa shape index (κ3) is 2.73. The van der Waals surface area contributed by atoms with Crippen LogP contribution in [0.1, 0.15) is 5.56 Å². The van der Waals surface area contributed by atoms with E-state index in [4.69, 9.17) is 0 Å². The molecule has 0 aliphatic rings. The standard InChI is InChI=1S/C8H5F3O2.Na/c9-6-3-1-5(2-4-6)8(10,11)7(12)13;/h1-4H,(H,12,13);/q;+1/p-1. The zero-order chi connectivity index (χ0) is 10.1. The molecular formula is C8H4F3NaO2. The van der Waals surface area contributed by atoms with Crippen molar-refractivity contribution in [2.45, 2.75) is 5.92 Å². The van der Waals surface area contributed by atoms with Gasteiger partial charge in [0, 0.05) is 5.56 Å². The van der Waals surface area contributed by atoms with E-state index >= 15 is 0 Å². The number of carboxylic acids is 1. The van der Waals surface area contributed by atoms with Crippen molar-refractivity contribution in [3.8, 4) is 0 Å². The van der Waals surface area contributed by atoms with E-state index in [0.717, 1.165) is 12.1 Å². The second-order valence-electron chi connectivity index (χ2n) is 2.37. The van der Waals surface area contributed by atoms with Crippen molar-refractivity contribution in [2.24, 2.45) is 0 Å². The van der Waals surface area contributed by atoms with Gasteiger partial charge in [-0.2, -0.15) is 8.78 Å². The molecule has 2 nitrogen and oxygen atoms in total. The summed E-state index contributed by atoms with van der Waals surface area (Å²) >= 11 is 0. The largest absolute Gasteiger partial charge is 1.00 e. The quantitative estimate of drug-likeness (QED) is 0.516. The first-order valence-corrected chi connectivity index (χ1v) is 3.30. The molecule has 0 aliphatic heterocycles. The van der Waals surface area contributed by atoms with Gasteiger partial charge in [-0.05, 0) is 24.3 Å². The fourth-order valence-corrected chi connectivity index (χ4v) is 0.777. The normalized spacial score (nSPS) is 10.5. The maximum absolute atomic E-state index is 12.6. The van der Waals surface area contributed by atoms with Gasteiger partial charge in [-0.15, -0.1) is 0 Å². The van der Waals surface area contributed by atoms with Gasteiger partial charge in [0.2, 0.25) is 0 Å². The van der Waals surface area contributed by atoms with Crippen LogP contribution in [0.15, 0.2) is 24.3 Å². The SMILES string of the molecule is O=C([O-])C(F)(F)c1ccc(F)cc1.[Na+]. The molecule has 1 aromatic rings. The van der Waals surface area contributed by atoms with Crippen molar-refractivity contribution in [2.75, 3.05) is 0 Å². The zero-order valence-corrected chi connectivity index (χ0v) is 9.26. The third-order valence-corrected chi connectivity index (χ3v) is 1.46. The second kappa shape index (κ2) is 4.82. The summed E-state index contributed by atoms with van der Waals surface area (Å²) in [4.78, 5) is 9.95. The van der Waals surface area contributed by atoms with Crippen LogP contribution in [0.25, 0.3) is 0 Å². The molecule has 70 valence electrons. The summed E-state index contributed by atoms with van der Waals surface area (Å²) < 4.78 is 37.5. The van der Waals surface area contributed by atoms with Crippen molar-refractivity contribution >= 4 is 5.97 Å². The van der Waals surface area contributed by atoms with Crippen molar-refractivity contribution in [1.29, 1.82) is 0 Å². The van der Waals surface area contributed by atoms with Gasteiger partial charge in [-0.1, -0.05) is 0 Å². The van der Waals surface area contributed by atoms with Gasteiger partial charge in [0.25, 0.3) is 0 Å². The Morgan fingerprint density at radius 1 is 1.21 bits per heavy atom. The first-order chi connectivity index (χ1) is 5.94. The summed E-state index contributed by atoms with van der Waals surface area (Å²) in [6.07, 6.45) is 0. The molecule has 0 spiro atoms. The van der Waals surface area contributed by atoms with Gasteiger partial charge in [0.1, 0.15) is 11.8 Å². The Balaban J connectivity index is 0.00000169. The fraction of sp³-hybridized carbons (Fsp3) is 0.125. The van der Waals surface area contributed by atoms with Crippen LogP contribution >= 0.6 is 0 Å². The summed E-state index contributed by atoms with van der Waals surface area (Å²) in [5.41, 5.74) is -0.797. The van der Waals surface area contributed by atoms with Crippen LogP contribution < -0.4 is 34.7 Å². The number of aliphatic carboxylic acids is 1. The van der Waals surface area contributed by atoms with Crippen molar-refractivity contribution in [1.82, 2.24) is 0 Å². The molecule has 0 bridgehead atoms. The average Bonchev–Trinajstić information content (AvgIpc) is 2.04. The Hall–Kier alpha value is -0.520. The molecule has 0 radical (unpaired) electrons. The van der Waals surface area contributed by atoms with E-state index < -0.39 is 23.3 Å². The van der Waals surface area contributed by atoms with Gasteiger partial charge < -0.3 is 9.90 Å². The summed E-state index contributed by atoms with van der Waals surface area (Å²) in [5, 5.41) is 9.95. The molecular weight excluding hydrogens is 208 g/mol. The summed E-state index contributed by atoms with van der Waals surface area (Å²) in [6.45, 7) is 0. The minimum Gasteiger partial charge on any atom is -0.544 e. The predicted molar refractivity (Wildman–Crippen MR) is 35.3 cm³/mol. The summed E-state index contributed by atoms with van der Waals surface area (Å²) in [5.74, 6) is -7.29. The van der Waals surface area contributed by atoms with Crippen LogP contribution in [-0.2, 0) is 10.7 Å². The van der Waals surface area contributed by atoms with Crippen LogP contribution in [0.2, 0.25) is 0 Å². The Kier molecular flexibility index (Phi) is 4.64. The smallest absolute Gasteiger partial charge is 0.544 e. The van der Waals surface area contributed by atoms with Crippen LogP contribution in [0.3, 0.4) is 0 Å². The van der Waals surface area contributed by atoms with Gasteiger partial charge in [-0.3, -0.25) is 0 Å². The molecule has 14 heavy (non-hydrogen) atoms. The molecule has 0 aliphatic carbocycles. The van der Waals surface area contributed by atoms with Gasteiger partial charge >= 0.3 is 35.5 Å². The van der Waals surface area contributed by atoms with Crippen molar-refractivity contribution in [3.63, 3.8) is 0 Å². The number of carbonyl (C=O) groups excluding carboxylic acids is 1. The average molecular weight is 212 g/mol. The number of hydrogen-bond acceptors (Lipinski definition) is 2. The molecule has 0 atom stereocenters. The Bertz CT molecular complexity index is 324. The number of rotatable bonds is 2. The zero-order valence-electron chi connectivity index (χ0n) is 7.26. The molecule has 6 heteroatoms. The van der Waals surface area contributed by atoms with E-state index in [9.17, 15) is 23.1 Å². The van der Waals surface area contributed by atoms with E-state index in [-0.39, 0.29) is 29.6 Å². The Morgan fingerprint density at radius 2 is 1.64 bits per heavy atom. The second-order valence-corrected chi connectivity index (χ2v) is 2.37. The Morgan fingerprint density at radius 3 is 2.00 bits per heavy atom. The minimum atomic E-state index is -4.08. The van der Waals surface area contributed by atoms with Crippen LogP contribution in [0.4, 0.5) is 13.2 Å². The van der Waals surface area contributed by atoms with Gasteiger partial charge in [0.15, 0.2) is 0 Å². The number of benzene rings is 1. The summed E-state index contributed by atoms with van der Waals surface area (Å²) in [6, 6.07) is 2.91. The molecule has 1 rings (SSSR count). The van der Waals surface area contributed by atoms with Crippen LogP contribution in [-0.4, -0.2) is 5.97 Å². The number of halogens is 3. The molecule has 0 aromatic heterocycles. The molecule has 0 amide bonds.